The van der Waals surface area contributed by atoms with Gasteiger partial charge in [-0.3, -0.25) is 4.98 Å². The molecule has 0 fully saturated rings. The van der Waals surface area contributed by atoms with Crippen molar-refractivity contribution in [2.45, 2.75) is 6.42 Å². The molecule has 0 saturated carbocycles. The monoisotopic (exact) mass is 378 g/mol. The van der Waals surface area contributed by atoms with Crippen LogP contribution in [0.2, 0.25) is 0 Å². The maximum absolute atomic E-state index is 6.11. The Hall–Kier alpha value is -3.99. The van der Waals surface area contributed by atoms with E-state index in [4.69, 9.17) is 10.2 Å². The Labute approximate surface area is 167 Å². The van der Waals surface area contributed by atoms with Crippen LogP contribution >= 0.6 is 0 Å². The molecule has 5 rings (SSSR count). The van der Waals surface area contributed by atoms with E-state index in [9.17, 15) is 0 Å². The normalized spacial score (nSPS) is 11.0. The van der Waals surface area contributed by atoms with Crippen molar-refractivity contribution in [3.05, 3.63) is 96.2 Å². The van der Waals surface area contributed by atoms with E-state index in [1.807, 2.05) is 66.7 Å². The van der Waals surface area contributed by atoms with Gasteiger partial charge in [-0.25, -0.2) is 9.97 Å². The van der Waals surface area contributed by atoms with Gasteiger partial charge in [-0.1, -0.05) is 54.6 Å². The minimum atomic E-state index is 0.193. The third kappa shape index (κ3) is 3.34. The molecule has 0 amide bonds. The number of nitrogens with two attached hydrogens (primary N) is 1. The summed E-state index contributed by atoms with van der Waals surface area (Å²) >= 11 is 0. The molecular weight excluding hydrogens is 360 g/mol. The number of anilines is 1. The molecule has 0 bridgehead atoms. The number of hydrogen-bond donors (Lipinski definition) is 1. The summed E-state index contributed by atoms with van der Waals surface area (Å²) in [4.78, 5) is 13.6. The minimum absolute atomic E-state index is 0.193. The Morgan fingerprint density at radius 2 is 1.55 bits per heavy atom. The van der Waals surface area contributed by atoms with Crippen LogP contribution in [0.3, 0.4) is 0 Å². The first-order chi connectivity index (χ1) is 14.3. The first-order valence-electron chi connectivity index (χ1n) is 9.38. The number of fused-ring (bicyclic) bond motifs is 1. The summed E-state index contributed by atoms with van der Waals surface area (Å²) in [5, 5.41) is 1.02. The Balaban J connectivity index is 1.75. The van der Waals surface area contributed by atoms with Gasteiger partial charge in [0.25, 0.3) is 0 Å². The second-order valence-corrected chi connectivity index (χ2v) is 6.78. The number of nitrogen functional groups attached to an aromatic ring is 1. The van der Waals surface area contributed by atoms with Crippen LogP contribution in [0.15, 0.2) is 89.5 Å². The molecule has 29 heavy (non-hydrogen) atoms. The lowest BCUT2D eigenvalue weighted by atomic mass is 9.98. The van der Waals surface area contributed by atoms with Crippen molar-refractivity contribution in [3.8, 4) is 22.8 Å². The average Bonchev–Trinajstić information content (AvgIpc) is 3.20. The second kappa shape index (κ2) is 7.20. The molecular formula is C24H18N4O. The first-order valence-corrected chi connectivity index (χ1v) is 9.38. The predicted molar refractivity (Wildman–Crippen MR) is 114 cm³/mol. The summed E-state index contributed by atoms with van der Waals surface area (Å²) in [5.41, 5.74) is 11.2. The number of rotatable bonds is 4. The third-order valence-corrected chi connectivity index (χ3v) is 4.81. The molecule has 0 atom stereocenters. The zero-order chi connectivity index (χ0) is 19.6. The predicted octanol–water partition coefficient (Wildman–Crippen LogP) is 5.12. The zero-order valence-corrected chi connectivity index (χ0v) is 15.6. The number of nitrogens with zero attached hydrogens (tertiary/aromatic N) is 3. The van der Waals surface area contributed by atoms with Crippen LogP contribution < -0.4 is 5.73 Å². The molecule has 0 aliphatic rings. The fraction of sp³-hybridized carbons (Fsp3) is 0.0417. The van der Waals surface area contributed by atoms with Gasteiger partial charge in [0.15, 0.2) is 5.76 Å². The number of para-hydroxylation sites is 1. The maximum atomic E-state index is 6.11. The molecule has 0 unspecified atom stereocenters. The number of pyridine rings is 1. The van der Waals surface area contributed by atoms with Crippen LogP contribution in [0.25, 0.3) is 33.8 Å². The Kier molecular flexibility index (Phi) is 4.26. The molecule has 3 heterocycles. The van der Waals surface area contributed by atoms with Gasteiger partial charge in [0.05, 0.1) is 11.4 Å². The van der Waals surface area contributed by atoms with Crippen molar-refractivity contribution >= 4 is 16.9 Å². The van der Waals surface area contributed by atoms with E-state index in [1.54, 1.807) is 6.20 Å². The molecule has 3 aromatic heterocycles. The molecule has 0 radical (unpaired) electrons. The van der Waals surface area contributed by atoms with Gasteiger partial charge in [0.1, 0.15) is 11.3 Å². The Bertz CT molecular complexity index is 1250. The SMILES string of the molecule is Nc1nc(-c2ccccn2)c(Cc2ccccc2)c(-c2cc3ccccc3o2)n1. The van der Waals surface area contributed by atoms with Crippen molar-refractivity contribution in [1.29, 1.82) is 0 Å². The highest BCUT2D eigenvalue weighted by atomic mass is 16.3. The lowest BCUT2D eigenvalue weighted by molar-refractivity contribution is 0.627. The van der Waals surface area contributed by atoms with Crippen LogP contribution in [0.1, 0.15) is 11.1 Å². The highest BCUT2D eigenvalue weighted by Crippen LogP contribution is 2.34. The second-order valence-electron chi connectivity index (χ2n) is 6.78. The molecule has 0 aliphatic heterocycles. The third-order valence-electron chi connectivity index (χ3n) is 4.81. The van der Waals surface area contributed by atoms with E-state index in [0.717, 1.165) is 33.5 Å². The van der Waals surface area contributed by atoms with Gasteiger partial charge in [-0.15, -0.1) is 0 Å². The number of aromatic nitrogens is 3. The molecule has 2 N–H and O–H groups in total. The van der Waals surface area contributed by atoms with Gasteiger partial charge >= 0.3 is 0 Å². The zero-order valence-electron chi connectivity index (χ0n) is 15.6. The van der Waals surface area contributed by atoms with Crippen molar-refractivity contribution < 1.29 is 4.42 Å². The summed E-state index contributed by atoms with van der Waals surface area (Å²) in [7, 11) is 0. The fourth-order valence-corrected chi connectivity index (χ4v) is 3.49. The molecule has 5 aromatic rings. The van der Waals surface area contributed by atoms with E-state index in [1.165, 1.54) is 0 Å². The van der Waals surface area contributed by atoms with Gasteiger partial charge in [-0.05, 0) is 29.8 Å². The summed E-state index contributed by atoms with van der Waals surface area (Å²) in [6, 6.07) is 25.9. The average molecular weight is 378 g/mol. The van der Waals surface area contributed by atoms with E-state index >= 15 is 0 Å². The number of hydrogen-bond acceptors (Lipinski definition) is 5. The Morgan fingerprint density at radius 3 is 2.34 bits per heavy atom. The molecule has 5 heteroatoms. The van der Waals surface area contributed by atoms with Crippen LogP contribution in [0, 0.1) is 0 Å². The molecule has 5 nitrogen and oxygen atoms in total. The summed E-state index contributed by atoms with van der Waals surface area (Å²) in [5.74, 6) is 0.862. The smallest absolute Gasteiger partial charge is 0.221 e. The summed E-state index contributed by atoms with van der Waals surface area (Å²) < 4.78 is 6.11. The minimum Gasteiger partial charge on any atom is -0.454 e. The van der Waals surface area contributed by atoms with Crippen LogP contribution in [0.5, 0.6) is 0 Å². The first kappa shape index (κ1) is 17.1. The molecule has 2 aromatic carbocycles. The van der Waals surface area contributed by atoms with Crippen LogP contribution in [-0.4, -0.2) is 15.0 Å². The van der Waals surface area contributed by atoms with Crippen molar-refractivity contribution in [1.82, 2.24) is 15.0 Å². The molecule has 0 aliphatic carbocycles. The van der Waals surface area contributed by atoms with E-state index in [0.29, 0.717) is 17.9 Å². The lowest BCUT2D eigenvalue weighted by Crippen LogP contribution is -2.06. The highest BCUT2D eigenvalue weighted by Gasteiger charge is 2.20. The summed E-state index contributed by atoms with van der Waals surface area (Å²) in [6.07, 6.45) is 2.39. The molecule has 0 spiro atoms. The summed E-state index contributed by atoms with van der Waals surface area (Å²) in [6.45, 7) is 0. The van der Waals surface area contributed by atoms with Crippen LogP contribution in [0.4, 0.5) is 5.95 Å². The van der Waals surface area contributed by atoms with Gasteiger partial charge in [0.2, 0.25) is 5.95 Å². The van der Waals surface area contributed by atoms with Gasteiger partial charge in [0, 0.05) is 23.6 Å². The topological polar surface area (TPSA) is 77.8 Å². The standard InChI is InChI=1S/C24H18N4O/c25-24-27-22(19-11-6-7-13-26-19)18(14-16-8-2-1-3-9-16)23(28-24)21-15-17-10-4-5-12-20(17)29-21/h1-13,15H,14H2,(H2,25,27,28). The Morgan fingerprint density at radius 1 is 0.793 bits per heavy atom. The molecule has 140 valence electrons. The largest absolute Gasteiger partial charge is 0.454 e. The van der Waals surface area contributed by atoms with E-state index < -0.39 is 0 Å². The van der Waals surface area contributed by atoms with Crippen LogP contribution in [-0.2, 0) is 6.42 Å². The van der Waals surface area contributed by atoms with Crippen molar-refractivity contribution in [2.75, 3.05) is 5.73 Å². The number of benzene rings is 2. The number of furan rings is 1. The van der Waals surface area contributed by atoms with Crippen molar-refractivity contribution in [2.24, 2.45) is 0 Å². The maximum Gasteiger partial charge on any atom is 0.221 e. The van der Waals surface area contributed by atoms with E-state index in [2.05, 4.69) is 27.1 Å². The highest BCUT2D eigenvalue weighted by molar-refractivity contribution is 5.84. The molecule has 0 saturated heterocycles. The van der Waals surface area contributed by atoms with Gasteiger partial charge in [-0.2, -0.15) is 0 Å². The lowest BCUT2D eigenvalue weighted by Gasteiger charge is -2.13. The van der Waals surface area contributed by atoms with E-state index in [-0.39, 0.29) is 5.95 Å². The van der Waals surface area contributed by atoms with Crippen molar-refractivity contribution in [3.63, 3.8) is 0 Å². The fourth-order valence-electron chi connectivity index (χ4n) is 3.49. The van der Waals surface area contributed by atoms with Gasteiger partial charge < -0.3 is 10.2 Å². The quantitative estimate of drug-likeness (QED) is 0.469.